The zero-order valence-corrected chi connectivity index (χ0v) is 36.1. The Morgan fingerprint density at radius 3 is 1.67 bits per heavy atom. The first-order chi connectivity index (χ1) is 23.9. The quantitative estimate of drug-likeness (QED) is 0.166. The Morgan fingerprint density at radius 1 is 0.596 bits per heavy atom. The largest absolute Gasteiger partial charge is 0.147 e. The third-order valence-electron chi connectivity index (χ3n) is 10.6. The second-order valence-electron chi connectivity index (χ2n) is 16.0. The van der Waals surface area contributed by atoms with Gasteiger partial charge < -0.3 is 0 Å². The van der Waals surface area contributed by atoms with Crippen LogP contribution in [-0.4, -0.2) is 3.21 Å². The van der Waals surface area contributed by atoms with Crippen LogP contribution in [0.15, 0.2) is 125 Å². The summed E-state index contributed by atoms with van der Waals surface area (Å²) in [5.74, 6) is 0. The zero-order chi connectivity index (χ0) is 34.9. The van der Waals surface area contributed by atoms with Gasteiger partial charge in [0.2, 0.25) is 0 Å². The number of fused-ring (bicyclic) bond motifs is 5. The molecule has 0 spiro atoms. The second-order valence-corrected chi connectivity index (χ2v) is 22.7. The molecule has 0 nitrogen and oxygen atoms in total. The van der Waals surface area contributed by atoms with E-state index in [0.29, 0.717) is 0 Å². The predicted molar refractivity (Wildman–Crippen MR) is 229 cm³/mol. The van der Waals surface area contributed by atoms with Crippen molar-refractivity contribution in [3.05, 3.63) is 168 Å². The van der Waals surface area contributed by atoms with E-state index in [2.05, 4.69) is 151 Å². The molecule has 6 aromatic rings. The van der Waals surface area contributed by atoms with Gasteiger partial charge in [-0.2, -0.15) is 0 Å². The Balaban J connectivity index is 0.00000232. The standard InChI is InChI=1S/C21H12Cl2.C21H25.C5H5.2ClH.Zr/c22-20-11-3-7-16-14(5-1-9-18(16)20)13-15-6-2-10-19-17(15)8-4-12-21(19)23;1-20(2,3)16-9-7-14-11-15-8-10-17(21(4,5)6)13-19(15)18(14)12-16;1-2-4-5-3-1;;;/h1-12H;7,9-10,12-13H,11H2,1-6H3;1-3H,4H2;2*1H;. The Hall–Kier alpha value is -2.77. The molecule has 8 rings (SSSR count). The van der Waals surface area contributed by atoms with Crippen molar-refractivity contribution in [2.45, 2.75) is 65.2 Å². The van der Waals surface area contributed by atoms with E-state index in [0.717, 1.165) is 33.7 Å². The molecular formula is C47H44Cl4Zr. The third kappa shape index (κ3) is 6.87. The normalized spacial score (nSPS) is 13.3. The van der Waals surface area contributed by atoms with Crippen molar-refractivity contribution in [3.63, 3.8) is 0 Å². The van der Waals surface area contributed by atoms with Crippen LogP contribution in [0.3, 0.4) is 0 Å². The topological polar surface area (TPSA) is 0 Å². The van der Waals surface area contributed by atoms with E-state index in [1.807, 2.05) is 12.1 Å². The van der Waals surface area contributed by atoms with E-state index in [9.17, 15) is 0 Å². The molecule has 0 atom stereocenters. The molecule has 0 saturated heterocycles. The summed E-state index contributed by atoms with van der Waals surface area (Å²) in [5.41, 5.74) is 11.3. The van der Waals surface area contributed by atoms with Crippen molar-refractivity contribution in [3.8, 4) is 11.1 Å². The van der Waals surface area contributed by atoms with Crippen LogP contribution in [-0.2, 0) is 38.5 Å². The Kier molecular flexibility index (Phi) is 11.1. The van der Waals surface area contributed by atoms with Crippen LogP contribution < -0.4 is 3.27 Å². The molecule has 2 aliphatic carbocycles. The Labute approximate surface area is 338 Å². The van der Waals surface area contributed by atoms with Crippen LogP contribution >= 0.6 is 48.0 Å². The van der Waals surface area contributed by atoms with Gasteiger partial charge in [-0.1, -0.05) is 0 Å². The summed E-state index contributed by atoms with van der Waals surface area (Å²) in [7, 11) is 0. The monoisotopic (exact) mass is 838 g/mol. The summed E-state index contributed by atoms with van der Waals surface area (Å²) in [5, 5.41) is 6.19. The van der Waals surface area contributed by atoms with E-state index >= 15 is 0 Å². The Morgan fingerprint density at radius 2 is 1.13 bits per heavy atom. The van der Waals surface area contributed by atoms with Crippen LogP contribution in [0.25, 0.3) is 32.7 Å². The van der Waals surface area contributed by atoms with Gasteiger partial charge in [-0.05, 0) is 0 Å². The first kappa shape index (κ1) is 38.9. The maximum atomic E-state index is 6.93. The third-order valence-corrected chi connectivity index (χ3v) is 18.8. The zero-order valence-electron chi connectivity index (χ0n) is 30.5. The maximum Gasteiger partial charge on any atom is -0.147 e. The molecule has 6 aromatic carbocycles. The van der Waals surface area contributed by atoms with Gasteiger partial charge in [-0.15, -0.1) is 24.8 Å². The molecule has 0 saturated carbocycles. The summed E-state index contributed by atoms with van der Waals surface area (Å²) in [6.45, 7) is 14.1. The van der Waals surface area contributed by atoms with Crippen molar-refractivity contribution >= 4 is 76.0 Å². The van der Waals surface area contributed by atoms with Gasteiger partial charge in [0.25, 0.3) is 0 Å². The summed E-state index contributed by atoms with van der Waals surface area (Å²) in [6.07, 6.45) is 9.04. The fourth-order valence-corrected chi connectivity index (χ4v) is 16.5. The molecule has 52 heavy (non-hydrogen) atoms. The number of allylic oxidation sites excluding steroid dienone is 4. The number of benzene rings is 6. The molecule has 0 heterocycles. The maximum absolute atomic E-state index is 6.93. The fourth-order valence-electron chi connectivity index (χ4n) is 7.89. The van der Waals surface area contributed by atoms with Gasteiger partial charge in [-0.25, -0.2) is 0 Å². The van der Waals surface area contributed by atoms with E-state index < -0.39 is 21.3 Å². The van der Waals surface area contributed by atoms with Gasteiger partial charge in [-0.3, -0.25) is 0 Å². The molecule has 0 N–H and O–H groups in total. The molecule has 264 valence electrons. The van der Waals surface area contributed by atoms with E-state index in [-0.39, 0.29) is 35.6 Å². The molecular weight excluding hydrogens is 798 g/mol. The summed E-state index contributed by atoms with van der Waals surface area (Å²) >= 11 is 10.8. The molecule has 2 aliphatic rings. The number of halogens is 4. The molecule has 0 aromatic heterocycles. The first-order valence-corrected chi connectivity index (χ1v) is 22.1. The average molecular weight is 842 g/mol. The SMILES string of the molecule is CC(C)(C)c1ccc2c(c1)-c1cc(C(C)(C)C)c[c]([Zr]([C]3=CC=CC3)=[C](c3cccc4c(Cl)cccc34)c3cccc4c(Cl)cccc34)c1C2.Cl.Cl. The van der Waals surface area contributed by atoms with Crippen LogP contribution in [0, 0.1) is 0 Å². The number of hydrogen-bond acceptors (Lipinski definition) is 0. The fraction of sp³-hybridized carbons (Fsp3) is 0.213. The van der Waals surface area contributed by atoms with Gasteiger partial charge in [0, 0.05) is 0 Å². The molecule has 0 amide bonds. The molecule has 0 fully saturated rings. The van der Waals surface area contributed by atoms with E-state index in [1.165, 1.54) is 58.5 Å². The van der Waals surface area contributed by atoms with Crippen molar-refractivity contribution in [1.29, 1.82) is 0 Å². The molecule has 0 bridgehead atoms. The average Bonchev–Trinajstić information content (AvgIpc) is 3.75. The summed E-state index contributed by atoms with van der Waals surface area (Å²) in [6, 6.07) is 38.6. The van der Waals surface area contributed by atoms with E-state index in [1.54, 1.807) is 6.55 Å². The van der Waals surface area contributed by atoms with Crippen molar-refractivity contribution in [1.82, 2.24) is 0 Å². The van der Waals surface area contributed by atoms with Gasteiger partial charge in [0.05, 0.1) is 0 Å². The number of rotatable bonds is 4. The first-order valence-electron chi connectivity index (χ1n) is 17.7. The van der Waals surface area contributed by atoms with Crippen LogP contribution in [0.5, 0.6) is 0 Å². The van der Waals surface area contributed by atoms with Crippen molar-refractivity contribution in [2.75, 3.05) is 0 Å². The second kappa shape index (κ2) is 14.8. The van der Waals surface area contributed by atoms with Crippen LogP contribution in [0.1, 0.15) is 81.3 Å². The van der Waals surface area contributed by atoms with Crippen LogP contribution in [0.4, 0.5) is 0 Å². The van der Waals surface area contributed by atoms with Gasteiger partial charge in [0.15, 0.2) is 0 Å². The predicted octanol–water partition coefficient (Wildman–Crippen LogP) is 13.7. The van der Waals surface area contributed by atoms with E-state index in [4.69, 9.17) is 23.2 Å². The van der Waals surface area contributed by atoms with Crippen molar-refractivity contribution in [2.24, 2.45) is 0 Å². The molecule has 0 radical (unpaired) electrons. The number of hydrogen-bond donors (Lipinski definition) is 0. The van der Waals surface area contributed by atoms with Gasteiger partial charge in [0.1, 0.15) is 0 Å². The molecule has 0 aliphatic heterocycles. The molecule has 0 unspecified atom stereocenters. The Bertz CT molecular complexity index is 2380. The minimum absolute atomic E-state index is 0. The van der Waals surface area contributed by atoms with Crippen molar-refractivity contribution < 1.29 is 21.3 Å². The summed E-state index contributed by atoms with van der Waals surface area (Å²) in [4.78, 5) is 0. The minimum Gasteiger partial charge on any atom is -0.147 e. The van der Waals surface area contributed by atoms with Crippen LogP contribution in [0.2, 0.25) is 10.0 Å². The van der Waals surface area contributed by atoms with Gasteiger partial charge >= 0.3 is 317 Å². The minimum atomic E-state index is -3.04. The molecule has 5 heteroatoms. The smallest absolute Gasteiger partial charge is 0.147 e. The summed E-state index contributed by atoms with van der Waals surface area (Å²) < 4.78 is 4.68.